The van der Waals surface area contributed by atoms with Gasteiger partial charge in [-0.15, -0.1) is 0 Å². The molecule has 1 aromatic carbocycles. The molecule has 6 nitrogen and oxygen atoms in total. The first-order chi connectivity index (χ1) is 8.86. The van der Waals surface area contributed by atoms with E-state index in [0.29, 0.717) is 11.4 Å². The highest BCUT2D eigenvalue weighted by atomic mass is 16.5. The molecule has 0 atom stereocenters. The Kier molecular flexibility index (Phi) is 4.74. The fourth-order valence-electron chi connectivity index (χ4n) is 1.75. The fourth-order valence-corrected chi connectivity index (χ4v) is 1.75. The van der Waals surface area contributed by atoms with Gasteiger partial charge in [-0.05, 0) is 32.0 Å². The average molecular weight is 265 g/mol. The number of nitrogen functional groups attached to an aromatic ring is 1. The Labute approximate surface area is 112 Å². The van der Waals surface area contributed by atoms with Crippen LogP contribution in [-0.2, 0) is 9.53 Å². The molecule has 0 saturated heterocycles. The number of amides is 1. The number of benzene rings is 1. The third-order valence-electron chi connectivity index (χ3n) is 2.72. The minimum Gasteiger partial charge on any atom is -0.465 e. The highest BCUT2D eigenvalue weighted by molar-refractivity contribution is 5.96. The summed E-state index contributed by atoms with van der Waals surface area (Å²) in [7, 11) is 1.29. The van der Waals surface area contributed by atoms with Crippen molar-refractivity contribution in [2.45, 2.75) is 19.9 Å². The number of methoxy groups -OCH3 is 1. The molecule has 0 spiro atoms. The van der Waals surface area contributed by atoms with E-state index in [2.05, 4.69) is 4.74 Å². The van der Waals surface area contributed by atoms with Crippen molar-refractivity contribution in [3.8, 4) is 0 Å². The molecule has 4 N–H and O–H groups in total. The lowest BCUT2D eigenvalue weighted by Crippen LogP contribution is -2.38. The van der Waals surface area contributed by atoms with Crippen LogP contribution in [0.3, 0.4) is 0 Å². The number of hydrogen-bond donors (Lipinski definition) is 2. The summed E-state index contributed by atoms with van der Waals surface area (Å²) in [6.45, 7) is 3.93. The number of carbonyl (C=O) groups is 2. The number of esters is 1. The highest BCUT2D eigenvalue weighted by Gasteiger charge is 2.17. The maximum atomic E-state index is 11.6. The number of rotatable bonds is 5. The van der Waals surface area contributed by atoms with Gasteiger partial charge >= 0.3 is 5.97 Å². The summed E-state index contributed by atoms with van der Waals surface area (Å²) >= 11 is 0. The molecule has 1 aromatic rings. The Morgan fingerprint density at radius 1 is 1.37 bits per heavy atom. The third kappa shape index (κ3) is 3.61. The zero-order chi connectivity index (χ0) is 14.6. The SMILES string of the molecule is COC(=O)c1cc(N(CC(N)=O)C(C)C)ccc1N. The second-order valence-electron chi connectivity index (χ2n) is 4.45. The summed E-state index contributed by atoms with van der Waals surface area (Å²) < 4.78 is 4.66. The largest absolute Gasteiger partial charge is 0.465 e. The molecule has 0 aliphatic rings. The minimum atomic E-state index is -0.512. The molecule has 6 heteroatoms. The van der Waals surface area contributed by atoms with Crippen LogP contribution in [0.1, 0.15) is 24.2 Å². The van der Waals surface area contributed by atoms with E-state index in [9.17, 15) is 9.59 Å². The second-order valence-corrected chi connectivity index (χ2v) is 4.45. The Bertz CT molecular complexity index is 486. The molecule has 104 valence electrons. The maximum Gasteiger partial charge on any atom is 0.340 e. The standard InChI is InChI=1S/C13H19N3O3/c1-8(2)16(7-12(15)17)9-4-5-11(14)10(6-9)13(18)19-3/h4-6,8H,7,14H2,1-3H3,(H2,15,17). The summed E-state index contributed by atoms with van der Waals surface area (Å²) in [6, 6.07) is 5.01. The predicted molar refractivity (Wildman–Crippen MR) is 73.9 cm³/mol. The average Bonchev–Trinajstić information content (AvgIpc) is 2.35. The van der Waals surface area contributed by atoms with Crippen molar-refractivity contribution in [1.29, 1.82) is 0 Å². The molecule has 1 amide bonds. The molecule has 19 heavy (non-hydrogen) atoms. The van der Waals surface area contributed by atoms with E-state index in [1.807, 2.05) is 13.8 Å². The molecule has 0 unspecified atom stereocenters. The molecule has 0 bridgehead atoms. The van der Waals surface area contributed by atoms with Crippen LogP contribution in [0, 0.1) is 0 Å². The first kappa shape index (κ1) is 14.8. The van der Waals surface area contributed by atoms with Crippen molar-refractivity contribution >= 4 is 23.3 Å². The Balaban J connectivity index is 3.17. The van der Waals surface area contributed by atoms with Crippen molar-refractivity contribution < 1.29 is 14.3 Å². The van der Waals surface area contributed by atoms with Gasteiger partial charge in [0.05, 0.1) is 19.2 Å². The van der Waals surface area contributed by atoms with Crippen LogP contribution in [0.25, 0.3) is 0 Å². The first-order valence-electron chi connectivity index (χ1n) is 5.89. The van der Waals surface area contributed by atoms with Crippen molar-refractivity contribution in [3.05, 3.63) is 23.8 Å². The van der Waals surface area contributed by atoms with Crippen molar-refractivity contribution in [2.75, 3.05) is 24.3 Å². The Morgan fingerprint density at radius 3 is 2.47 bits per heavy atom. The van der Waals surface area contributed by atoms with Gasteiger partial charge in [-0.3, -0.25) is 4.79 Å². The lowest BCUT2D eigenvalue weighted by atomic mass is 10.1. The van der Waals surface area contributed by atoms with Gasteiger partial charge in [0.25, 0.3) is 0 Å². The fraction of sp³-hybridized carbons (Fsp3) is 0.385. The quantitative estimate of drug-likeness (QED) is 0.604. The van der Waals surface area contributed by atoms with Crippen molar-refractivity contribution in [1.82, 2.24) is 0 Å². The van der Waals surface area contributed by atoms with E-state index >= 15 is 0 Å². The number of nitrogens with two attached hydrogens (primary N) is 2. The first-order valence-corrected chi connectivity index (χ1v) is 5.89. The van der Waals surface area contributed by atoms with Crippen LogP contribution < -0.4 is 16.4 Å². The van der Waals surface area contributed by atoms with E-state index in [1.165, 1.54) is 7.11 Å². The minimum absolute atomic E-state index is 0.0571. The number of carbonyl (C=O) groups excluding carboxylic acids is 2. The van der Waals surface area contributed by atoms with Crippen LogP contribution in [0.15, 0.2) is 18.2 Å². The zero-order valence-corrected chi connectivity index (χ0v) is 11.3. The number of ether oxygens (including phenoxy) is 1. The van der Waals surface area contributed by atoms with Gasteiger partial charge in [-0.2, -0.15) is 0 Å². The normalized spacial score (nSPS) is 10.3. The van der Waals surface area contributed by atoms with Gasteiger partial charge in [0.1, 0.15) is 0 Å². The monoisotopic (exact) mass is 265 g/mol. The smallest absolute Gasteiger partial charge is 0.340 e. The van der Waals surface area contributed by atoms with Gasteiger partial charge in [0, 0.05) is 17.4 Å². The van der Waals surface area contributed by atoms with Crippen LogP contribution in [0.5, 0.6) is 0 Å². The van der Waals surface area contributed by atoms with E-state index in [-0.39, 0.29) is 18.2 Å². The van der Waals surface area contributed by atoms with Gasteiger partial charge < -0.3 is 21.1 Å². The molecule has 0 aliphatic carbocycles. The molecule has 1 rings (SSSR count). The lowest BCUT2D eigenvalue weighted by molar-refractivity contribution is -0.116. The second kappa shape index (κ2) is 6.08. The van der Waals surface area contributed by atoms with Crippen LogP contribution in [-0.4, -0.2) is 31.6 Å². The highest BCUT2D eigenvalue weighted by Crippen LogP contribution is 2.23. The lowest BCUT2D eigenvalue weighted by Gasteiger charge is -2.28. The summed E-state index contributed by atoms with van der Waals surface area (Å²) in [5, 5.41) is 0. The molecule has 0 fully saturated rings. The Morgan fingerprint density at radius 2 is 2.00 bits per heavy atom. The van der Waals surface area contributed by atoms with E-state index in [1.54, 1.807) is 23.1 Å². The summed E-state index contributed by atoms with van der Waals surface area (Å²) in [6.07, 6.45) is 0. The molecule has 0 saturated carbocycles. The van der Waals surface area contributed by atoms with Gasteiger partial charge in [-0.25, -0.2) is 4.79 Å². The predicted octanol–water partition coefficient (Wildman–Crippen LogP) is 0.755. The summed E-state index contributed by atoms with van der Waals surface area (Å²) in [5.74, 6) is -0.952. The number of nitrogens with zero attached hydrogens (tertiary/aromatic N) is 1. The van der Waals surface area contributed by atoms with E-state index in [0.717, 1.165) is 0 Å². The van der Waals surface area contributed by atoms with Crippen LogP contribution in [0.4, 0.5) is 11.4 Å². The number of anilines is 2. The van der Waals surface area contributed by atoms with Crippen LogP contribution in [0.2, 0.25) is 0 Å². The molecule has 0 radical (unpaired) electrons. The molecular formula is C13H19N3O3. The van der Waals surface area contributed by atoms with E-state index in [4.69, 9.17) is 11.5 Å². The Hall–Kier alpha value is -2.24. The van der Waals surface area contributed by atoms with Crippen molar-refractivity contribution in [3.63, 3.8) is 0 Å². The van der Waals surface area contributed by atoms with Gasteiger partial charge in [0.2, 0.25) is 5.91 Å². The third-order valence-corrected chi connectivity index (χ3v) is 2.72. The number of primary amides is 1. The van der Waals surface area contributed by atoms with Crippen LogP contribution >= 0.6 is 0 Å². The van der Waals surface area contributed by atoms with E-state index < -0.39 is 11.9 Å². The molecule has 0 aromatic heterocycles. The molecule has 0 heterocycles. The summed E-state index contributed by atoms with van der Waals surface area (Å²) in [5.41, 5.74) is 12.3. The van der Waals surface area contributed by atoms with Gasteiger partial charge in [0.15, 0.2) is 0 Å². The summed E-state index contributed by atoms with van der Waals surface area (Å²) in [4.78, 5) is 24.5. The molecular weight excluding hydrogens is 246 g/mol. The topological polar surface area (TPSA) is 98.6 Å². The maximum absolute atomic E-state index is 11.6. The number of hydrogen-bond acceptors (Lipinski definition) is 5. The van der Waals surface area contributed by atoms with Crippen molar-refractivity contribution in [2.24, 2.45) is 5.73 Å². The van der Waals surface area contributed by atoms with Gasteiger partial charge in [-0.1, -0.05) is 0 Å². The zero-order valence-electron chi connectivity index (χ0n) is 11.3. The molecule has 0 aliphatic heterocycles.